The molecule has 1 aromatic carbocycles. The Balaban J connectivity index is 1.60. The molecule has 1 fully saturated rings. The van der Waals surface area contributed by atoms with Crippen LogP contribution in [-0.4, -0.2) is 61.2 Å². The second kappa shape index (κ2) is 9.98. The molecule has 0 radical (unpaired) electrons. The molecule has 3 heterocycles. The highest BCUT2D eigenvalue weighted by atomic mass is 32.1. The van der Waals surface area contributed by atoms with E-state index in [-0.39, 0.29) is 5.91 Å². The zero-order valence-electron chi connectivity index (χ0n) is 17.9. The van der Waals surface area contributed by atoms with Crippen LogP contribution in [0.25, 0.3) is 11.4 Å². The van der Waals surface area contributed by atoms with Gasteiger partial charge in [-0.05, 0) is 36.3 Å². The topological polar surface area (TPSA) is 59.2 Å². The summed E-state index contributed by atoms with van der Waals surface area (Å²) in [5.74, 6) is 1.05. The van der Waals surface area contributed by atoms with Gasteiger partial charge in [0.25, 0.3) is 0 Å². The average molecular weight is 437 g/mol. The predicted molar refractivity (Wildman–Crippen MR) is 123 cm³/mol. The zero-order valence-corrected chi connectivity index (χ0v) is 18.7. The van der Waals surface area contributed by atoms with E-state index < -0.39 is 0 Å². The van der Waals surface area contributed by atoms with E-state index in [0.29, 0.717) is 24.4 Å². The first-order valence-electron chi connectivity index (χ1n) is 10.8. The molecular formula is C23H28N6OS. The van der Waals surface area contributed by atoms with E-state index in [1.807, 2.05) is 53.0 Å². The number of pyridine rings is 1. The highest BCUT2D eigenvalue weighted by Gasteiger charge is 2.20. The minimum atomic E-state index is 0.226. The van der Waals surface area contributed by atoms with Crippen LogP contribution in [0.15, 0.2) is 54.9 Å². The lowest BCUT2D eigenvalue weighted by Crippen LogP contribution is -2.35. The number of amides is 1. The lowest BCUT2D eigenvalue weighted by atomic mass is 10.2. The number of hydrogen-bond donors (Lipinski definition) is 0. The third kappa shape index (κ3) is 5.08. The van der Waals surface area contributed by atoms with Crippen molar-refractivity contribution < 1.29 is 4.79 Å². The number of nitrogens with zero attached hydrogens (tertiary/aromatic N) is 6. The van der Waals surface area contributed by atoms with Gasteiger partial charge in [0.2, 0.25) is 5.91 Å². The van der Waals surface area contributed by atoms with E-state index in [0.717, 1.165) is 44.0 Å². The number of benzene rings is 1. The van der Waals surface area contributed by atoms with E-state index in [9.17, 15) is 4.79 Å². The van der Waals surface area contributed by atoms with Gasteiger partial charge in [-0.15, -0.1) is 0 Å². The van der Waals surface area contributed by atoms with Crippen LogP contribution >= 0.6 is 12.2 Å². The van der Waals surface area contributed by atoms with Crippen LogP contribution in [0.4, 0.5) is 0 Å². The number of aromatic nitrogens is 4. The first kappa shape index (κ1) is 21.4. The molecule has 1 aliphatic rings. The molecular weight excluding hydrogens is 408 g/mol. The third-order valence-corrected chi connectivity index (χ3v) is 6.03. The lowest BCUT2D eigenvalue weighted by molar-refractivity contribution is -0.130. The smallest absolute Gasteiger partial charge is 0.222 e. The Morgan fingerprint density at radius 1 is 1.06 bits per heavy atom. The summed E-state index contributed by atoms with van der Waals surface area (Å²) in [6.45, 7) is 6.50. The summed E-state index contributed by atoms with van der Waals surface area (Å²) in [7, 11) is 0. The van der Waals surface area contributed by atoms with Crippen LogP contribution in [0.1, 0.15) is 25.3 Å². The van der Waals surface area contributed by atoms with Crippen LogP contribution in [0.2, 0.25) is 0 Å². The fourth-order valence-corrected chi connectivity index (χ4v) is 4.17. The Labute approximate surface area is 187 Å². The second-order valence-corrected chi connectivity index (χ2v) is 8.13. The molecule has 2 aromatic heterocycles. The summed E-state index contributed by atoms with van der Waals surface area (Å²) in [5.41, 5.74) is 2.12. The van der Waals surface area contributed by atoms with Crippen LogP contribution < -0.4 is 0 Å². The van der Waals surface area contributed by atoms with Gasteiger partial charge in [-0.3, -0.25) is 19.2 Å². The largest absolute Gasteiger partial charge is 0.341 e. The maximum Gasteiger partial charge on any atom is 0.222 e. The molecule has 3 aromatic rings. The fraction of sp³-hybridized carbons (Fsp3) is 0.391. The zero-order chi connectivity index (χ0) is 21.6. The van der Waals surface area contributed by atoms with Crippen LogP contribution in [0.5, 0.6) is 0 Å². The molecule has 0 saturated carbocycles. The van der Waals surface area contributed by atoms with E-state index in [1.54, 1.807) is 6.20 Å². The van der Waals surface area contributed by atoms with Crippen molar-refractivity contribution in [3.63, 3.8) is 0 Å². The van der Waals surface area contributed by atoms with Gasteiger partial charge < -0.3 is 4.90 Å². The van der Waals surface area contributed by atoms with Gasteiger partial charge in [0, 0.05) is 50.6 Å². The Morgan fingerprint density at radius 2 is 1.90 bits per heavy atom. The monoisotopic (exact) mass is 436 g/mol. The van der Waals surface area contributed by atoms with Gasteiger partial charge in [-0.2, -0.15) is 5.10 Å². The molecule has 7 nitrogen and oxygen atoms in total. The van der Waals surface area contributed by atoms with Crippen molar-refractivity contribution in [3.05, 3.63) is 65.2 Å². The standard InChI is InChI=1S/C23H28N6OS/c1-2-21(30)27-13-7-12-26(14-15-27)18-29-23(31)28(17-19-8-4-3-5-9-19)22(25-29)20-10-6-11-24-16-20/h3-6,8-11,16H,2,7,12-15,17-18H2,1H3. The molecule has 1 saturated heterocycles. The number of hydrogen-bond acceptors (Lipinski definition) is 5. The predicted octanol–water partition coefficient (Wildman–Crippen LogP) is 3.43. The van der Waals surface area contributed by atoms with E-state index >= 15 is 0 Å². The molecule has 0 spiro atoms. The molecule has 4 rings (SSSR count). The SMILES string of the molecule is CCC(=O)N1CCCN(Cn2nc(-c3cccnc3)n(Cc3ccccc3)c2=S)CC1. The quantitative estimate of drug-likeness (QED) is 0.554. The first-order valence-corrected chi connectivity index (χ1v) is 11.2. The van der Waals surface area contributed by atoms with Crippen LogP contribution in [0.3, 0.4) is 0 Å². The van der Waals surface area contributed by atoms with Gasteiger partial charge in [0.1, 0.15) is 0 Å². The lowest BCUT2D eigenvalue weighted by Gasteiger charge is -2.21. The Kier molecular flexibility index (Phi) is 6.89. The number of rotatable bonds is 6. The van der Waals surface area contributed by atoms with Gasteiger partial charge in [-0.1, -0.05) is 37.3 Å². The molecule has 1 amide bonds. The summed E-state index contributed by atoms with van der Waals surface area (Å²) in [6.07, 6.45) is 5.10. The fourth-order valence-electron chi connectivity index (χ4n) is 3.93. The van der Waals surface area contributed by atoms with E-state index in [1.165, 1.54) is 5.56 Å². The highest BCUT2D eigenvalue weighted by Crippen LogP contribution is 2.19. The van der Waals surface area contributed by atoms with E-state index in [4.69, 9.17) is 17.3 Å². The summed E-state index contributed by atoms with van der Waals surface area (Å²) >= 11 is 5.85. The Hall–Kier alpha value is -2.84. The van der Waals surface area contributed by atoms with Crippen molar-refractivity contribution in [3.8, 4) is 11.4 Å². The number of carbonyl (C=O) groups is 1. The van der Waals surface area contributed by atoms with Crippen molar-refractivity contribution in [1.29, 1.82) is 0 Å². The minimum Gasteiger partial charge on any atom is -0.341 e. The van der Waals surface area contributed by atoms with Crippen molar-refractivity contribution in [1.82, 2.24) is 29.1 Å². The molecule has 31 heavy (non-hydrogen) atoms. The molecule has 162 valence electrons. The van der Waals surface area contributed by atoms with Crippen LogP contribution in [-0.2, 0) is 18.0 Å². The normalized spacial score (nSPS) is 15.1. The molecule has 0 atom stereocenters. The third-order valence-electron chi connectivity index (χ3n) is 5.60. The number of carbonyl (C=O) groups excluding carboxylic acids is 1. The molecule has 8 heteroatoms. The molecule has 0 N–H and O–H groups in total. The maximum absolute atomic E-state index is 12.1. The summed E-state index contributed by atoms with van der Waals surface area (Å²) in [4.78, 5) is 20.6. The van der Waals surface area contributed by atoms with Crippen molar-refractivity contribution in [2.45, 2.75) is 33.0 Å². The first-order chi connectivity index (χ1) is 15.2. The Morgan fingerprint density at radius 3 is 2.65 bits per heavy atom. The minimum absolute atomic E-state index is 0.226. The van der Waals surface area contributed by atoms with Crippen LogP contribution in [0, 0.1) is 4.77 Å². The second-order valence-electron chi connectivity index (χ2n) is 7.77. The molecule has 0 aliphatic carbocycles. The van der Waals surface area contributed by atoms with Crippen molar-refractivity contribution in [2.75, 3.05) is 26.2 Å². The van der Waals surface area contributed by atoms with Gasteiger partial charge >= 0.3 is 0 Å². The van der Waals surface area contributed by atoms with Crippen molar-refractivity contribution in [2.24, 2.45) is 0 Å². The van der Waals surface area contributed by atoms with Gasteiger partial charge in [0.05, 0.1) is 13.2 Å². The van der Waals surface area contributed by atoms with Gasteiger partial charge in [0.15, 0.2) is 10.6 Å². The van der Waals surface area contributed by atoms with Crippen molar-refractivity contribution >= 4 is 18.1 Å². The summed E-state index contributed by atoms with van der Waals surface area (Å²) in [6, 6.07) is 14.2. The van der Waals surface area contributed by atoms with Gasteiger partial charge in [-0.25, -0.2) is 4.68 Å². The average Bonchev–Trinajstić information content (AvgIpc) is 2.97. The maximum atomic E-state index is 12.1. The van der Waals surface area contributed by atoms with E-state index in [2.05, 4.69) is 26.6 Å². The summed E-state index contributed by atoms with van der Waals surface area (Å²) < 4.78 is 4.66. The molecule has 0 bridgehead atoms. The highest BCUT2D eigenvalue weighted by molar-refractivity contribution is 7.71. The molecule has 0 unspecified atom stereocenters. The summed E-state index contributed by atoms with van der Waals surface area (Å²) in [5, 5.41) is 4.88. The Bertz CT molecular complexity index is 1060. The molecule has 1 aliphatic heterocycles.